The van der Waals surface area contributed by atoms with Crippen molar-refractivity contribution in [2.75, 3.05) is 19.8 Å². The highest BCUT2D eigenvalue weighted by Gasteiger charge is 2.37. The van der Waals surface area contributed by atoms with Crippen LogP contribution < -0.4 is 14.2 Å². The third-order valence-electron chi connectivity index (χ3n) is 7.24. The number of amides is 2. The average molecular weight is 600 g/mol. The van der Waals surface area contributed by atoms with Gasteiger partial charge in [0.05, 0.1) is 9.93 Å². The van der Waals surface area contributed by atoms with E-state index in [1.54, 1.807) is 18.2 Å². The molecule has 0 radical (unpaired) electrons. The SMILES string of the molecule is CC(C)=CCOc1c(C)c(C)c2c(c1C)CCC(C)(COc1ccc(/C=C3\SC(=O)N(CC(=O)O)C3=O)cc1Cl)O2. The molecule has 2 aliphatic rings. The molecule has 0 saturated carbocycles. The van der Waals surface area contributed by atoms with E-state index in [0.717, 1.165) is 46.6 Å². The van der Waals surface area contributed by atoms with E-state index in [2.05, 4.69) is 40.7 Å². The lowest BCUT2D eigenvalue weighted by molar-refractivity contribution is -0.140. The number of rotatable bonds is 9. The Balaban J connectivity index is 1.46. The Morgan fingerprint density at radius 3 is 2.56 bits per heavy atom. The van der Waals surface area contributed by atoms with Crippen molar-refractivity contribution in [1.29, 1.82) is 0 Å². The van der Waals surface area contributed by atoms with Crippen LogP contribution in [0.15, 0.2) is 34.8 Å². The minimum atomic E-state index is -1.26. The maximum Gasteiger partial charge on any atom is 0.323 e. The highest BCUT2D eigenvalue weighted by Crippen LogP contribution is 2.44. The standard InChI is InChI=1S/C31H34ClNO7S/c1-17(2)10-12-38-27-18(3)19(4)28-22(20(27)5)9-11-31(6,40-28)16-39-24-8-7-21(13-23(24)32)14-25-29(36)33(15-26(34)35)30(37)41-25/h7-8,10,13-14H,9,11-12,15-16H2,1-6H3,(H,34,35)/b25-14-. The van der Waals surface area contributed by atoms with Crippen LogP contribution in [-0.4, -0.2) is 52.5 Å². The van der Waals surface area contributed by atoms with E-state index in [1.165, 1.54) is 11.6 Å². The molecule has 2 aromatic rings. The smallest absolute Gasteiger partial charge is 0.323 e. The summed E-state index contributed by atoms with van der Waals surface area (Å²) >= 11 is 7.20. The number of hydrogen-bond acceptors (Lipinski definition) is 7. The number of aliphatic carboxylic acids is 1. The first-order chi connectivity index (χ1) is 19.3. The fraction of sp³-hybridized carbons (Fsp3) is 0.387. The average Bonchev–Trinajstić information content (AvgIpc) is 3.15. The van der Waals surface area contributed by atoms with Crippen molar-refractivity contribution in [3.8, 4) is 17.2 Å². The van der Waals surface area contributed by atoms with Crippen molar-refractivity contribution in [3.05, 3.63) is 67.6 Å². The fourth-order valence-corrected chi connectivity index (χ4v) is 5.85. The molecule has 1 unspecified atom stereocenters. The molecule has 1 saturated heterocycles. The molecule has 1 N–H and O–H groups in total. The topological polar surface area (TPSA) is 102 Å². The van der Waals surface area contributed by atoms with Crippen molar-refractivity contribution < 1.29 is 33.7 Å². The van der Waals surface area contributed by atoms with Gasteiger partial charge in [-0.1, -0.05) is 23.2 Å². The van der Waals surface area contributed by atoms with Crippen LogP contribution in [0, 0.1) is 20.8 Å². The first-order valence-electron chi connectivity index (χ1n) is 13.3. The minimum absolute atomic E-state index is 0.134. The summed E-state index contributed by atoms with van der Waals surface area (Å²) in [6.45, 7) is 12.4. The van der Waals surface area contributed by atoms with Crippen molar-refractivity contribution in [1.82, 2.24) is 4.90 Å². The third kappa shape index (κ3) is 6.73. The second-order valence-electron chi connectivity index (χ2n) is 10.8. The number of hydrogen-bond donors (Lipinski definition) is 1. The number of carboxylic acid groups (broad SMARTS) is 1. The summed E-state index contributed by atoms with van der Waals surface area (Å²) in [5.74, 6) is 0.358. The quantitative estimate of drug-likeness (QED) is 0.245. The van der Waals surface area contributed by atoms with E-state index in [1.807, 2.05) is 6.92 Å². The monoisotopic (exact) mass is 599 g/mol. The lowest BCUT2D eigenvalue weighted by Gasteiger charge is -2.38. The van der Waals surface area contributed by atoms with E-state index < -0.39 is 29.3 Å². The molecule has 1 atom stereocenters. The Kier molecular flexibility index (Phi) is 9.09. The second-order valence-corrected chi connectivity index (χ2v) is 12.2. The number of halogens is 1. The predicted octanol–water partition coefficient (Wildman–Crippen LogP) is 6.89. The highest BCUT2D eigenvalue weighted by atomic mass is 35.5. The molecular formula is C31H34ClNO7S. The summed E-state index contributed by atoms with van der Waals surface area (Å²) < 4.78 is 18.8. The summed E-state index contributed by atoms with van der Waals surface area (Å²) in [7, 11) is 0. The Hall–Kier alpha value is -3.43. The number of ether oxygens (including phenoxy) is 3. The lowest BCUT2D eigenvalue weighted by Crippen LogP contribution is -2.42. The number of allylic oxidation sites excluding steroid dienone is 1. The summed E-state index contributed by atoms with van der Waals surface area (Å²) in [4.78, 5) is 36.2. The van der Waals surface area contributed by atoms with Crippen molar-refractivity contribution in [3.63, 3.8) is 0 Å². The van der Waals surface area contributed by atoms with Crippen molar-refractivity contribution in [2.24, 2.45) is 0 Å². The van der Waals surface area contributed by atoms with Crippen LogP contribution >= 0.6 is 23.4 Å². The molecule has 10 heteroatoms. The van der Waals surface area contributed by atoms with Crippen LogP contribution in [-0.2, 0) is 16.0 Å². The van der Waals surface area contributed by atoms with Gasteiger partial charge in [0.25, 0.3) is 11.1 Å². The zero-order valence-electron chi connectivity index (χ0n) is 24.1. The Labute approximate surface area is 249 Å². The number of benzene rings is 2. The molecule has 0 aromatic heterocycles. The summed E-state index contributed by atoms with van der Waals surface area (Å²) in [6, 6.07) is 5.06. The Morgan fingerprint density at radius 2 is 1.90 bits per heavy atom. The van der Waals surface area contributed by atoms with Gasteiger partial charge in [0.1, 0.15) is 42.6 Å². The third-order valence-corrected chi connectivity index (χ3v) is 8.44. The van der Waals surface area contributed by atoms with Crippen LogP contribution in [0.5, 0.6) is 17.2 Å². The summed E-state index contributed by atoms with van der Waals surface area (Å²) in [5.41, 5.74) is 5.60. The second kappa shape index (κ2) is 12.2. The molecule has 218 valence electrons. The van der Waals surface area contributed by atoms with Gasteiger partial charge in [-0.3, -0.25) is 19.3 Å². The number of carbonyl (C=O) groups is 3. The van der Waals surface area contributed by atoms with E-state index in [9.17, 15) is 14.4 Å². The molecule has 8 nitrogen and oxygen atoms in total. The zero-order chi connectivity index (χ0) is 30.1. The first-order valence-corrected chi connectivity index (χ1v) is 14.5. The fourth-order valence-electron chi connectivity index (χ4n) is 4.77. The van der Waals surface area contributed by atoms with Gasteiger partial charge in [0.2, 0.25) is 0 Å². The number of imide groups is 1. The predicted molar refractivity (Wildman–Crippen MR) is 160 cm³/mol. The number of carboxylic acids is 1. The number of carbonyl (C=O) groups excluding carboxylic acids is 2. The van der Waals surface area contributed by atoms with Crippen LogP contribution in [0.25, 0.3) is 6.08 Å². The van der Waals surface area contributed by atoms with E-state index in [0.29, 0.717) is 39.6 Å². The number of nitrogens with zero attached hydrogens (tertiary/aromatic N) is 1. The molecule has 0 spiro atoms. The van der Waals surface area contributed by atoms with Gasteiger partial charge in [0, 0.05) is 5.56 Å². The van der Waals surface area contributed by atoms with Gasteiger partial charge in [-0.05, 0) is 113 Å². The van der Waals surface area contributed by atoms with Gasteiger partial charge in [-0.25, -0.2) is 0 Å². The van der Waals surface area contributed by atoms with Crippen molar-refractivity contribution in [2.45, 2.75) is 60.0 Å². The zero-order valence-corrected chi connectivity index (χ0v) is 25.6. The van der Waals surface area contributed by atoms with Crippen molar-refractivity contribution >= 4 is 46.6 Å². The van der Waals surface area contributed by atoms with Crippen LogP contribution in [0.4, 0.5) is 4.79 Å². The number of thioether (sulfide) groups is 1. The molecule has 41 heavy (non-hydrogen) atoms. The van der Waals surface area contributed by atoms with E-state index in [-0.39, 0.29) is 11.5 Å². The summed E-state index contributed by atoms with van der Waals surface area (Å²) in [5, 5.41) is 8.65. The molecule has 2 aromatic carbocycles. The van der Waals surface area contributed by atoms with Gasteiger partial charge in [0.15, 0.2) is 0 Å². The van der Waals surface area contributed by atoms with E-state index in [4.69, 9.17) is 30.9 Å². The number of fused-ring (bicyclic) bond motifs is 1. The Morgan fingerprint density at radius 1 is 1.17 bits per heavy atom. The molecule has 0 aliphatic carbocycles. The van der Waals surface area contributed by atoms with Crippen LogP contribution in [0.1, 0.15) is 55.0 Å². The lowest BCUT2D eigenvalue weighted by atomic mass is 9.87. The van der Waals surface area contributed by atoms with Crippen LogP contribution in [0.3, 0.4) is 0 Å². The molecule has 1 fully saturated rings. The maximum absolute atomic E-state index is 12.4. The van der Waals surface area contributed by atoms with E-state index >= 15 is 0 Å². The molecule has 2 aliphatic heterocycles. The molecule has 2 amide bonds. The first kappa shape index (κ1) is 30.5. The highest BCUT2D eigenvalue weighted by molar-refractivity contribution is 8.18. The van der Waals surface area contributed by atoms with Gasteiger partial charge in [-0.15, -0.1) is 0 Å². The van der Waals surface area contributed by atoms with Gasteiger partial charge < -0.3 is 19.3 Å². The van der Waals surface area contributed by atoms with Gasteiger partial charge in [-0.2, -0.15) is 0 Å². The molecular weight excluding hydrogens is 566 g/mol. The molecule has 4 rings (SSSR count). The molecule has 0 bridgehead atoms. The summed E-state index contributed by atoms with van der Waals surface area (Å²) in [6.07, 6.45) is 5.15. The molecule has 2 heterocycles. The van der Waals surface area contributed by atoms with Gasteiger partial charge >= 0.3 is 5.97 Å². The normalized spacial score (nSPS) is 19.2. The largest absolute Gasteiger partial charge is 0.489 e. The maximum atomic E-state index is 12.4. The Bertz CT molecular complexity index is 1480. The van der Waals surface area contributed by atoms with Crippen LogP contribution in [0.2, 0.25) is 5.02 Å². The minimum Gasteiger partial charge on any atom is -0.489 e.